The first kappa shape index (κ1) is 16.7. The minimum absolute atomic E-state index is 0.0271. The monoisotopic (exact) mass is 356 g/mol. The molecule has 3 aromatic rings. The molecule has 1 heterocycles. The van der Waals surface area contributed by atoms with E-state index in [4.69, 9.17) is 11.6 Å². The van der Waals surface area contributed by atoms with E-state index in [9.17, 15) is 4.79 Å². The van der Waals surface area contributed by atoms with E-state index < -0.39 is 0 Å². The Morgan fingerprint density at radius 2 is 1.88 bits per heavy atom. The number of nitrogens with one attached hydrogen (secondary N) is 1. The van der Waals surface area contributed by atoms with Gasteiger partial charge in [-0.2, -0.15) is 0 Å². The van der Waals surface area contributed by atoms with E-state index in [0.29, 0.717) is 10.2 Å². The van der Waals surface area contributed by atoms with Gasteiger partial charge in [-0.05, 0) is 24.1 Å². The van der Waals surface area contributed by atoms with Crippen LogP contribution in [0.5, 0.6) is 0 Å². The first-order valence-corrected chi connectivity index (χ1v) is 9.00. The van der Waals surface area contributed by atoms with Crippen LogP contribution in [0.15, 0.2) is 60.0 Å². The van der Waals surface area contributed by atoms with Gasteiger partial charge in [0.15, 0.2) is 5.13 Å². The Morgan fingerprint density at radius 3 is 2.54 bits per heavy atom. The fourth-order valence-electron chi connectivity index (χ4n) is 2.53. The normalized spacial score (nSPS) is 11.9. The third-order valence-electron chi connectivity index (χ3n) is 3.80. The van der Waals surface area contributed by atoms with E-state index in [-0.39, 0.29) is 11.8 Å². The summed E-state index contributed by atoms with van der Waals surface area (Å²) in [5, 5.41) is 6.17. The quantitative estimate of drug-likeness (QED) is 0.646. The molecule has 1 N–H and O–H groups in total. The van der Waals surface area contributed by atoms with Crippen LogP contribution in [0.3, 0.4) is 0 Å². The zero-order valence-electron chi connectivity index (χ0n) is 13.2. The average Bonchev–Trinajstić information content (AvgIpc) is 3.05. The lowest BCUT2D eigenvalue weighted by Gasteiger charge is -2.14. The molecule has 0 aliphatic heterocycles. The Balaban J connectivity index is 1.74. The molecule has 122 valence electrons. The zero-order valence-corrected chi connectivity index (χ0v) is 14.8. The number of nitrogens with zero attached hydrogens (tertiary/aromatic N) is 1. The fraction of sp³-hybridized carbons (Fsp3) is 0.158. The minimum atomic E-state index is -0.172. The minimum Gasteiger partial charge on any atom is -0.301 e. The maximum atomic E-state index is 12.6. The predicted molar refractivity (Wildman–Crippen MR) is 101 cm³/mol. The largest absolute Gasteiger partial charge is 0.301 e. The predicted octanol–water partition coefficient (Wildman–Crippen LogP) is 5.60. The van der Waals surface area contributed by atoms with Crippen molar-refractivity contribution in [3.63, 3.8) is 0 Å². The summed E-state index contributed by atoms with van der Waals surface area (Å²) in [5.41, 5.74) is 2.83. The maximum Gasteiger partial charge on any atom is 0.233 e. The van der Waals surface area contributed by atoms with E-state index in [1.54, 1.807) is 0 Å². The van der Waals surface area contributed by atoms with Crippen molar-refractivity contribution in [3.8, 4) is 11.3 Å². The lowest BCUT2D eigenvalue weighted by molar-refractivity contribution is -0.117. The van der Waals surface area contributed by atoms with Crippen LogP contribution in [-0.2, 0) is 4.79 Å². The Labute approximate surface area is 150 Å². The first-order chi connectivity index (χ1) is 11.7. The van der Waals surface area contributed by atoms with Crippen LogP contribution in [0.2, 0.25) is 5.02 Å². The second-order valence-electron chi connectivity index (χ2n) is 5.41. The lowest BCUT2D eigenvalue weighted by Crippen LogP contribution is -2.20. The molecule has 0 spiro atoms. The van der Waals surface area contributed by atoms with Gasteiger partial charge in [0, 0.05) is 16.0 Å². The summed E-state index contributed by atoms with van der Waals surface area (Å²) in [7, 11) is 0. The van der Waals surface area contributed by atoms with Gasteiger partial charge >= 0.3 is 0 Å². The maximum absolute atomic E-state index is 12.6. The first-order valence-electron chi connectivity index (χ1n) is 7.74. The number of hydrogen-bond acceptors (Lipinski definition) is 3. The smallest absolute Gasteiger partial charge is 0.233 e. The lowest BCUT2D eigenvalue weighted by atomic mass is 9.96. The second kappa shape index (κ2) is 7.60. The summed E-state index contributed by atoms with van der Waals surface area (Å²) in [6, 6.07) is 17.3. The van der Waals surface area contributed by atoms with E-state index in [1.165, 1.54) is 11.3 Å². The molecule has 0 fully saturated rings. The summed E-state index contributed by atoms with van der Waals surface area (Å²) in [6.07, 6.45) is 0.741. The zero-order chi connectivity index (χ0) is 16.9. The van der Waals surface area contributed by atoms with Crippen LogP contribution in [-0.4, -0.2) is 10.9 Å². The SMILES string of the molecule is CC[C@H](C(=O)Nc1nc(-c2ccc(Cl)cc2)cs1)c1ccccc1. The molecule has 1 amide bonds. The molecule has 0 radical (unpaired) electrons. The third-order valence-corrected chi connectivity index (χ3v) is 4.81. The van der Waals surface area contributed by atoms with Crippen molar-refractivity contribution in [3.05, 3.63) is 70.6 Å². The van der Waals surface area contributed by atoms with E-state index >= 15 is 0 Å². The molecule has 0 aliphatic carbocycles. The van der Waals surface area contributed by atoms with Gasteiger partial charge in [0.1, 0.15) is 0 Å². The van der Waals surface area contributed by atoms with Gasteiger partial charge in [0.2, 0.25) is 5.91 Å². The van der Waals surface area contributed by atoms with Gasteiger partial charge in [0.05, 0.1) is 11.6 Å². The molecule has 0 bridgehead atoms. The highest BCUT2D eigenvalue weighted by Crippen LogP contribution is 2.27. The number of carbonyl (C=O) groups is 1. The van der Waals surface area contributed by atoms with Crippen LogP contribution >= 0.6 is 22.9 Å². The average molecular weight is 357 g/mol. The number of benzene rings is 2. The van der Waals surface area contributed by atoms with E-state index in [0.717, 1.165) is 23.2 Å². The molecular formula is C19H17ClN2OS. The molecule has 1 aromatic heterocycles. The van der Waals surface area contributed by atoms with Crippen LogP contribution in [0.4, 0.5) is 5.13 Å². The van der Waals surface area contributed by atoms with Crippen molar-refractivity contribution in [2.45, 2.75) is 19.3 Å². The van der Waals surface area contributed by atoms with Gasteiger partial charge < -0.3 is 5.32 Å². The number of halogens is 1. The highest BCUT2D eigenvalue weighted by atomic mass is 35.5. The van der Waals surface area contributed by atoms with Gasteiger partial charge in [-0.25, -0.2) is 4.98 Å². The summed E-state index contributed by atoms with van der Waals surface area (Å²) >= 11 is 7.33. The van der Waals surface area contributed by atoms with Crippen LogP contribution in [0.1, 0.15) is 24.8 Å². The number of carbonyl (C=O) groups excluding carboxylic acids is 1. The number of amides is 1. The van der Waals surface area contributed by atoms with Crippen LogP contribution < -0.4 is 5.32 Å². The van der Waals surface area contributed by atoms with Gasteiger partial charge in [0.25, 0.3) is 0 Å². The molecule has 1 atom stereocenters. The van der Waals surface area contributed by atoms with Gasteiger partial charge in [-0.1, -0.05) is 61.0 Å². The summed E-state index contributed by atoms with van der Waals surface area (Å²) in [5.74, 6) is -0.199. The van der Waals surface area contributed by atoms with Gasteiger partial charge in [-0.15, -0.1) is 11.3 Å². The Bertz CT molecular complexity index is 815. The second-order valence-corrected chi connectivity index (χ2v) is 6.70. The van der Waals surface area contributed by atoms with Gasteiger partial charge in [-0.3, -0.25) is 4.79 Å². The van der Waals surface area contributed by atoms with Crippen LogP contribution in [0, 0.1) is 0 Å². The molecular weight excluding hydrogens is 340 g/mol. The summed E-state index contributed by atoms with van der Waals surface area (Å²) < 4.78 is 0. The Morgan fingerprint density at radius 1 is 1.17 bits per heavy atom. The number of rotatable bonds is 5. The molecule has 5 heteroatoms. The number of thiazole rings is 1. The molecule has 3 nitrogen and oxygen atoms in total. The number of anilines is 1. The third kappa shape index (κ3) is 3.83. The van der Waals surface area contributed by atoms with E-state index in [2.05, 4.69) is 10.3 Å². The van der Waals surface area contributed by atoms with E-state index in [1.807, 2.05) is 66.9 Å². The molecule has 24 heavy (non-hydrogen) atoms. The number of aromatic nitrogens is 1. The highest BCUT2D eigenvalue weighted by Gasteiger charge is 2.19. The van der Waals surface area contributed by atoms with Crippen molar-refractivity contribution >= 4 is 34.0 Å². The van der Waals surface area contributed by atoms with Crippen molar-refractivity contribution < 1.29 is 4.79 Å². The molecule has 0 unspecified atom stereocenters. The fourth-order valence-corrected chi connectivity index (χ4v) is 3.38. The molecule has 0 saturated carbocycles. The molecule has 3 rings (SSSR count). The molecule has 0 aliphatic rings. The topological polar surface area (TPSA) is 42.0 Å². The Kier molecular flexibility index (Phi) is 5.28. The standard InChI is InChI=1S/C19H17ClN2OS/c1-2-16(13-6-4-3-5-7-13)18(23)22-19-21-17(12-24-19)14-8-10-15(20)11-9-14/h3-12,16H,2H2,1H3,(H,21,22,23)/t16-/m0/s1. The molecule has 0 saturated heterocycles. The van der Waals surface area contributed by atoms with Crippen molar-refractivity contribution in [1.82, 2.24) is 4.98 Å². The summed E-state index contributed by atoms with van der Waals surface area (Å²) in [6.45, 7) is 2.01. The molecule has 2 aromatic carbocycles. The summed E-state index contributed by atoms with van der Waals surface area (Å²) in [4.78, 5) is 17.1. The number of hydrogen-bond donors (Lipinski definition) is 1. The van der Waals surface area contributed by atoms with Crippen molar-refractivity contribution in [2.75, 3.05) is 5.32 Å². The van der Waals surface area contributed by atoms with Crippen LogP contribution in [0.25, 0.3) is 11.3 Å². The van der Waals surface area contributed by atoms with Crippen molar-refractivity contribution in [2.24, 2.45) is 0 Å². The highest BCUT2D eigenvalue weighted by molar-refractivity contribution is 7.14. The van der Waals surface area contributed by atoms with Crippen molar-refractivity contribution in [1.29, 1.82) is 0 Å². The Hall–Kier alpha value is -2.17.